The molecule has 4 rings (SSSR count). The summed E-state index contributed by atoms with van der Waals surface area (Å²) in [6, 6.07) is 10.9. The average molecular weight is 476 g/mol. The molecule has 12 heteroatoms. The number of rotatable bonds is 9. The fourth-order valence-electron chi connectivity index (χ4n) is 3.47. The van der Waals surface area contributed by atoms with E-state index in [2.05, 4.69) is 25.4 Å². The van der Waals surface area contributed by atoms with E-state index >= 15 is 0 Å². The zero-order chi connectivity index (χ0) is 24.9. The van der Waals surface area contributed by atoms with E-state index in [9.17, 15) is 15.0 Å². The highest BCUT2D eigenvalue weighted by molar-refractivity contribution is 5.95. The smallest absolute Gasteiger partial charge is 0.350 e. The Morgan fingerprint density at radius 2 is 1.97 bits per heavy atom. The van der Waals surface area contributed by atoms with Gasteiger partial charge in [0, 0.05) is 29.2 Å². The first-order valence-electron chi connectivity index (χ1n) is 10.7. The Kier molecular flexibility index (Phi) is 6.73. The van der Waals surface area contributed by atoms with Gasteiger partial charge in [0.2, 0.25) is 0 Å². The van der Waals surface area contributed by atoms with Gasteiger partial charge in [-0.2, -0.15) is 0 Å². The molecule has 2 heterocycles. The molecule has 4 aromatic rings. The van der Waals surface area contributed by atoms with Gasteiger partial charge < -0.3 is 26.0 Å². The molecule has 0 bridgehead atoms. The molecule has 7 N–H and O–H groups in total. The maximum atomic E-state index is 12.7. The predicted molar refractivity (Wildman–Crippen MR) is 128 cm³/mol. The minimum absolute atomic E-state index is 0.0634. The molecule has 1 atom stereocenters. The lowest BCUT2D eigenvalue weighted by atomic mass is 10.0. The summed E-state index contributed by atoms with van der Waals surface area (Å²) in [5.41, 5.74) is 7.00. The SMILES string of the molecule is CCOc1cc(C(Nc2ccc(C(=N)N)cc2)c2nn(-c3ncccn3)c(=O)[nH]2)cc(CO)c1O. The summed E-state index contributed by atoms with van der Waals surface area (Å²) >= 11 is 0. The Bertz CT molecular complexity index is 1380. The van der Waals surface area contributed by atoms with Crippen LogP contribution >= 0.6 is 0 Å². The lowest BCUT2D eigenvalue weighted by molar-refractivity contribution is 0.268. The minimum atomic E-state index is -0.735. The van der Waals surface area contributed by atoms with Crippen LogP contribution in [-0.4, -0.2) is 47.4 Å². The van der Waals surface area contributed by atoms with E-state index in [0.29, 0.717) is 23.4 Å². The van der Waals surface area contributed by atoms with Gasteiger partial charge in [0.15, 0.2) is 17.3 Å². The van der Waals surface area contributed by atoms with Crippen molar-refractivity contribution in [1.82, 2.24) is 24.7 Å². The van der Waals surface area contributed by atoms with Crippen LogP contribution in [0, 0.1) is 5.41 Å². The van der Waals surface area contributed by atoms with Crippen molar-refractivity contribution in [2.24, 2.45) is 5.73 Å². The fraction of sp³-hybridized carbons (Fsp3) is 0.174. The molecule has 0 saturated carbocycles. The largest absolute Gasteiger partial charge is 0.504 e. The van der Waals surface area contributed by atoms with Crippen molar-refractivity contribution in [3.8, 4) is 17.4 Å². The van der Waals surface area contributed by atoms with Gasteiger partial charge in [-0.25, -0.2) is 14.8 Å². The molecule has 35 heavy (non-hydrogen) atoms. The number of aromatic hydroxyl groups is 1. The highest BCUT2D eigenvalue weighted by Gasteiger charge is 2.24. The number of ether oxygens (including phenoxy) is 1. The van der Waals surface area contributed by atoms with Gasteiger partial charge in [0.25, 0.3) is 5.95 Å². The molecule has 12 nitrogen and oxygen atoms in total. The summed E-state index contributed by atoms with van der Waals surface area (Å²) in [6.07, 6.45) is 2.99. The summed E-state index contributed by atoms with van der Waals surface area (Å²) in [4.78, 5) is 23.6. The van der Waals surface area contributed by atoms with Gasteiger partial charge in [-0.15, -0.1) is 9.78 Å². The molecule has 0 radical (unpaired) electrons. The van der Waals surface area contributed by atoms with Crippen molar-refractivity contribution in [2.75, 3.05) is 11.9 Å². The number of nitrogens with two attached hydrogens (primary N) is 1. The van der Waals surface area contributed by atoms with Crippen molar-refractivity contribution in [3.63, 3.8) is 0 Å². The monoisotopic (exact) mass is 476 g/mol. The molecule has 0 aliphatic carbocycles. The van der Waals surface area contributed by atoms with Crippen LogP contribution in [0.5, 0.6) is 11.5 Å². The molecule has 0 saturated heterocycles. The van der Waals surface area contributed by atoms with Crippen LogP contribution in [0.1, 0.15) is 35.5 Å². The average Bonchev–Trinajstić information content (AvgIpc) is 3.26. The number of aromatic nitrogens is 5. The summed E-state index contributed by atoms with van der Waals surface area (Å²) in [5.74, 6) is 0.281. The Morgan fingerprint density at radius 1 is 1.26 bits per heavy atom. The first kappa shape index (κ1) is 23.4. The maximum Gasteiger partial charge on any atom is 0.350 e. The number of anilines is 1. The van der Waals surface area contributed by atoms with Gasteiger partial charge in [-0.3, -0.25) is 10.4 Å². The molecule has 1 unspecified atom stereocenters. The molecule has 180 valence electrons. The third-order valence-electron chi connectivity index (χ3n) is 5.14. The number of amidine groups is 1. The van der Waals surface area contributed by atoms with Crippen molar-refractivity contribution >= 4 is 11.5 Å². The van der Waals surface area contributed by atoms with E-state index < -0.39 is 18.3 Å². The minimum Gasteiger partial charge on any atom is -0.504 e. The molecule has 2 aromatic carbocycles. The number of nitrogens with zero attached hydrogens (tertiary/aromatic N) is 4. The van der Waals surface area contributed by atoms with E-state index in [1.807, 2.05) is 0 Å². The topological polar surface area (TPSA) is 188 Å². The van der Waals surface area contributed by atoms with Gasteiger partial charge in [-0.1, -0.05) is 0 Å². The lowest BCUT2D eigenvalue weighted by Gasteiger charge is -2.21. The standard InChI is InChI=1S/C23H24N8O4/c1-2-35-17-11-14(10-15(12-32)19(17)33)18(28-16-6-4-13(5-7-16)20(24)25)21-29-23(34)31(30-21)22-26-8-3-9-27-22/h3-11,18,28,32-33H,2,12H2,1H3,(H3,24,25)(H,29,30,34). The summed E-state index contributed by atoms with van der Waals surface area (Å²) in [5, 5.41) is 35.5. The molecule has 0 aliphatic rings. The second-order valence-electron chi connectivity index (χ2n) is 7.46. The van der Waals surface area contributed by atoms with Crippen molar-refractivity contribution < 1.29 is 14.9 Å². The van der Waals surface area contributed by atoms with Crippen LogP contribution in [0.2, 0.25) is 0 Å². The van der Waals surface area contributed by atoms with Gasteiger partial charge >= 0.3 is 5.69 Å². The zero-order valence-electron chi connectivity index (χ0n) is 18.8. The Hall–Kier alpha value is -4.71. The van der Waals surface area contributed by atoms with Crippen LogP contribution in [0.15, 0.2) is 59.7 Å². The van der Waals surface area contributed by atoms with E-state index in [0.717, 1.165) is 4.68 Å². The van der Waals surface area contributed by atoms with Gasteiger partial charge in [0.1, 0.15) is 11.9 Å². The summed E-state index contributed by atoms with van der Waals surface area (Å²) in [7, 11) is 0. The van der Waals surface area contributed by atoms with Crippen LogP contribution in [0.4, 0.5) is 5.69 Å². The quantitative estimate of drug-likeness (QED) is 0.153. The number of hydrogen-bond acceptors (Lipinski definition) is 9. The molecular weight excluding hydrogens is 452 g/mol. The number of nitrogen functional groups attached to an aromatic ring is 1. The van der Waals surface area contributed by atoms with Gasteiger partial charge in [0.05, 0.1) is 13.2 Å². The first-order chi connectivity index (χ1) is 16.9. The van der Waals surface area contributed by atoms with Crippen LogP contribution in [0.3, 0.4) is 0 Å². The number of phenols is 1. The Labute approximate surface area is 199 Å². The van der Waals surface area contributed by atoms with E-state index in [-0.39, 0.29) is 34.7 Å². The maximum absolute atomic E-state index is 12.7. The highest BCUT2D eigenvalue weighted by atomic mass is 16.5. The van der Waals surface area contributed by atoms with E-state index in [1.165, 1.54) is 12.4 Å². The first-order valence-corrected chi connectivity index (χ1v) is 10.7. The second kappa shape index (κ2) is 10.1. The molecular formula is C23H24N8O4. The van der Waals surface area contributed by atoms with Crippen LogP contribution in [-0.2, 0) is 6.61 Å². The van der Waals surface area contributed by atoms with E-state index in [1.54, 1.807) is 49.4 Å². The summed E-state index contributed by atoms with van der Waals surface area (Å²) in [6.45, 7) is 1.64. The van der Waals surface area contributed by atoms with E-state index in [4.69, 9.17) is 15.9 Å². The molecule has 0 spiro atoms. The number of hydrogen-bond donors (Lipinski definition) is 6. The van der Waals surface area contributed by atoms with Crippen LogP contribution in [0.25, 0.3) is 5.95 Å². The highest BCUT2D eigenvalue weighted by Crippen LogP contribution is 2.36. The number of H-pyrrole nitrogens is 1. The van der Waals surface area contributed by atoms with Crippen LogP contribution < -0.4 is 21.5 Å². The number of aliphatic hydroxyl groups is 1. The number of aliphatic hydroxyl groups excluding tert-OH is 1. The summed E-state index contributed by atoms with van der Waals surface area (Å²) < 4.78 is 6.59. The molecule has 2 aromatic heterocycles. The van der Waals surface area contributed by atoms with Crippen molar-refractivity contribution in [1.29, 1.82) is 5.41 Å². The van der Waals surface area contributed by atoms with Crippen molar-refractivity contribution in [2.45, 2.75) is 19.6 Å². The second-order valence-corrected chi connectivity index (χ2v) is 7.46. The Balaban J connectivity index is 1.83. The predicted octanol–water partition coefficient (Wildman–Crippen LogP) is 1.43. The third-order valence-corrected chi connectivity index (χ3v) is 5.14. The number of aromatic amines is 1. The third kappa shape index (κ3) is 4.96. The molecule has 0 aliphatic heterocycles. The zero-order valence-corrected chi connectivity index (χ0v) is 18.8. The number of benzene rings is 2. The molecule has 0 fully saturated rings. The van der Waals surface area contributed by atoms with Gasteiger partial charge in [-0.05, 0) is 55.0 Å². The molecule has 0 amide bonds. The number of nitrogens with one attached hydrogen (secondary N) is 3. The van der Waals surface area contributed by atoms with Crippen molar-refractivity contribution in [3.05, 3.63) is 87.9 Å². The lowest BCUT2D eigenvalue weighted by Crippen LogP contribution is -2.18. The Morgan fingerprint density at radius 3 is 2.60 bits per heavy atom. The normalized spacial score (nSPS) is 11.7. The fourth-order valence-corrected chi connectivity index (χ4v) is 3.47.